The lowest BCUT2D eigenvalue weighted by Crippen LogP contribution is -2.28. The molecule has 0 aliphatic heterocycles. The van der Waals surface area contributed by atoms with E-state index in [2.05, 4.69) is 15.1 Å². The van der Waals surface area contributed by atoms with Gasteiger partial charge in [-0.15, -0.1) is 0 Å². The van der Waals surface area contributed by atoms with Crippen molar-refractivity contribution < 1.29 is 9.53 Å². The van der Waals surface area contributed by atoms with E-state index in [1.54, 1.807) is 57.0 Å². The third-order valence-electron chi connectivity index (χ3n) is 3.13. The van der Waals surface area contributed by atoms with E-state index in [1.807, 2.05) is 0 Å². The van der Waals surface area contributed by atoms with Gasteiger partial charge in [-0.1, -0.05) is 0 Å². The van der Waals surface area contributed by atoms with Gasteiger partial charge in [0.2, 0.25) is 5.88 Å². The molecule has 0 bridgehead atoms. The summed E-state index contributed by atoms with van der Waals surface area (Å²) in [5, 5.41) is 4.11. The van der Waals surface area contributed by atoms with Gasteiger partial charge in [0, 0.05) is 25.4 Å². The second-order valence-electron chi connectivity index (χ2n) is 4.35. The van der Waals surface area contributed by atoms with E-state index in [0.717, 1.165) is 0 Å². The standard InChI is InChI=1S/C14H13N5O2/c1-18(10-3-4-13(21-2)16-9-10)14(20)11-5-7-15-12-6-8-17-19(11)12/h3-9H,1-2H3. The smallest absolute Gasteiger partial charge is 0.276 e. The van der Waals surface area contributed by atoms with E-state index in [9.17, 15) is 4.79 Å². The maximum Gasteiger partial charge on any atom is 0.276 e. The molecule has 3 aromatic rings. The highest BCUT2D eigenvalue weighted by Gasteiger charge is 2.17. The second-order valence-corrected chi connectivity index (χ2v) is 4.35. The van der Waals surface area contributed by atoms with Gasteiger partial charge >= 0.3 is 0 Å². The summed E-state index contributed by atoms with van der Waals surface area (Å²) < 4.78 is 6.51. The van der Waals surface area contributed by atoms with Crippen molar-refractivity contribution in [2.75, 3.05) is 19.1 Å². The highest BCUT2D eigenvalue weighted by molar-refractivity contribution is 6.04. The number of aromatic nitrogens is 4. The van der Waals surface area contributed by atoms with E-state index in [1.165, 1.54) is 9.42 Å². The lowest BCUT2D eigenvalue weighted by atomic mass is 10.3. The van der Waals surface area contributed by atoms with Crippen LogP contribution in [0.25, 0.3) is 5.65 Å². The van der Waals surface area contributed by atoms with Crippen molar-refractivity contribution in [1.82, 2.24) is 19.6 Å². The molecule has 0 saturated heterocycles. The SMILES string of the molecule is COc1ccc(N(C)C(=O)c2ccnc3ccnn23)cn1. The predicted molar refractivity (Wildman–Crippen MR) is 76.5 cm³/mol. The van der Waals surface area contributed by atoms with Gasteiger partial charge in [0.1, 0.15) is 5.69 Å². The summed E-state index contributed by atoms with van der Waals surface area (Å²) in [5.74, 6) is 0.302. The molecule has 0 atom stereocenters. The van der Waals surface area contributed by atoms with Crippen molar-refractivity contribution in [3.63, 3.8) is 0 Å². The second kappa shape index (κ2) is 5.20. The van der Waals surface area contributed by atoms with Crippen LogP contribution in [0.2, 0.25) is 0 Å². The van der Waals surface area contributed by atoms with E-state index in [0.29, 0.717) is 22.9 Å². The molecular formula is C14H13N5O2. The average molecular weight is 283 g/mol. The summed E-state index contributed by atoms with van der Waals surface area (Å²) in [6.07, 6.45) is 4.77. The fourth-order valence-electron chi connectivity index (χ4n) is 1.98. The molecular weight excluding hydrogens is 270 g/mol. The molecule has 3 aromatic heterocycles. The van der Waals surface area contributed by atoms with Gasteiger partial charge in [-0.2, -0.15) is 5.10 Å². The minimum atomic E-state index is -0.196. The summed E-state index contributed by atoms with van der Waals surface area (Å²) in [7, 11) is 3.23. The fraction of sp³-hybridized carbons (Fsp3) is 0.143. The van der Waals surface area contributed by atoms with E-state index < -0.39 is 0 Å². The van der Waals surface area contributed by atoms with E-state index in [-0.39, 0.29) is 5.91 Å². The topological polar surface area (TPSA) is 72.6 Å². The van der Waals surface area contributed by atoms with Gasteiger partial charge < -0.3 is 9.64 Å². The lowest BCUT2D eigenvalue weighted by molar-refractivity contribution is 0.0985. The van der Waals surface area contributed by atoms with Crippen LogP contribution in [-0.2, 0) is 0 Å². The number of carbonyl (C=O) groups excluding carboxylic acids is 1. The highest BCUT2D eigenvalue weighted by Crippen LogP contribution is 2.17. The van der Waals surface area contributed by atoms with Gasteiger partial charge in [0.15, 0.2) is 5.65 Å². The highest BCUT2D eigenvalue weighted by atomic mass is 16.5. The first-order chi connectivity index (χ1) is 10.2. The zero-order chi connectivity index (χ0) is 14.8. The monoisotopic (exact) mass is 283 g/mol. The fourth-order valence-corrected chi connectivity index (χ4v) is 1.98. The molecule has 7 heteroatoms. The third-order valence-corrected chi connectivity index (χ3v) is 3.13. The van der Waals surface area contributed by atoms with Gasteiger partial charge in [-0.05, 0) is 12.1 Å². The number of carbonyl (C=O) groups is 1. The number of hydrogen-bond acceptors (Lipinski definition) is 5. The number of methoxy groups -OCH3 is 1. The number of ether oxygens (including phenoxy) is 1. The molecule has 106 valence electrons. The molecule has 0 aromatic carbocycles. The van der Waals surface area contributed by atoms with Crippen LogP contribution in [0.15, 0.2) is 42.9 Å². The Morgan fingerprint density at radius 2 is 2.05 bits per heavy atom. The van der Waals surface area contributed by atoms with Crippen molar-refractivity contribution in [2.45, 2.75) is 0 Å². The number of anilines is 1. The molecule has 0 aliphatic rings. The van der Waals surface area contributed by atoms with Crippen LogP contribution in [0.3, 0.4) is 0 Å². The number of nitrogens with zero attached hydrogens (tertiary/aromatic N) is 5. The van der Waals surface area contributed by atoms with Crippen molar-refractivity contribution in [2.24, 2.45) is 0 Å². The Labute approximate surface area is 120 Å². The van der Waals surface area contributed by atoms with E-state index in [4.69, 9.17) is 4.74 Å². The minimum absolute atomic E-state index is 0.196. The van der Waals surface area contributed by atoms with E-state index >= 15 is 0 Å². The Hall–Kier alpha value is -2.96. The van der Waals surface area contributed by atoms with Crippen molar-refractivity contribution in [3.8, 4) is 5.88 Å². The van der Waals surface area contributed by atoms with Gasteiger partial charge in [-0.25, -0.2) is 14.5 Å². The summed E-state index contributed by atoms with van der Waals surface area (Å²) in [6.45, 7) is 0. The molecule has 7 nitrogen and oxygen atoms in total. The van der Waals surface area contributed by atoms with Crippen molar-refractivity contribution in [3.05, 3.63) is 48.5 Å². The maximum atomic E-state index is 12.6. The minimum Gasteiger partial charge on any atom is -0.481 e. The Bertz CT molecular complexity index is 781. The molecule has 3 rings (SSSR count). The molecule has 21 heavy (non-hydrogen) atoms. The molecule has 0 radical (unpaired) electrons. The summed E-state index contributed by atoms with van der Waals surface area (Å²) >= 11 is 0. The van der Waals surface area contributed by atoms with Crippen molar-refractivity contribution in [1.29, 1.82) is 0 Å². The van der Waals surface area contributed by atoms with Gasteiger partial charge in [-0.3, -0.25) is 4.79 Å². The Morgan fingerprint density at radius 3 is 2.76 bits per heavy atom. The average Bonchev–Trinajstić information content (AvgIpc) is 3.02. The number of rotatable bonds is 3. The summed E-state index contributed by atoms with van der Waals surface area (Å²) in [6, 6.07) is 6.85. The van der Waals surface area contributed by atoms with Crippen LogP contribution in [0.5, 0.6) is 5.88 Å². The predicted octanol–water partition coefficient (Wildman–Crippen LogP) is 1.41. The molecule has 0 N–H and O–H groups in total. The molecule has 3 heterocycles. The first-order valence-corrected chi connectivity index (χ1v) is 6.27. The molecule has 0 saturated carbocycles. The number of amides is 1. The van der Waals surface area contributed by atoms with Crippen LogP contribution in [0, 0.1) is 0 Å². The Kier molecular flexibility index (Phi) is 3.23. The first-order valence-electron chi connectivity index (χ1n) is 6.27. The molecule has 0 fully saturated rings. The number of hydrogen-bond donors (Lipinski definition) is 0. The number of fused-ring (bicyclic) bond motifs is 1. The third kappa shape index (κ3) is 2.29. The van der Waals surface area contributed by atoms with Gasteiger partial charge in [0.25, 0.3) is 5.91 Å². The zero-order valence-electron chi connectivity index (χ0n) is 11.6. The molecule has 0 aliphatic carbocycles. The molecule has 0 unspecified atom stereocenters. The summed E-state index contributed by atoms with van der Waals surface area (Å²) in [4.78, 5) is 22.3. The maximum absolute atomic E-state index is 12.6. The normalized spacial score (nSPS) is 10.6. The largest absolute Gasteiger partial charge is 0.481 e. The summed E-state index contributed by atoms with van der Waals surface area (Å²) in [5.41, 5.74) is 1.73. The van der Waals surface area contributed by atoms with Crippen molar-refractivity contribution >= 4 is 17.2 Å². The van der Waals surface area contributed by atoms with Crippen LogP contribution < -0.4 is 9.64 Å². The van der Waals surface area contributed by atoms with Crippen LogP contribution >= 0.6 is 0 Å². The van der Waals surface area contributed by atoms with Crippen LogP contribution in [-0.4, -0.2) is 39.6 Å². The lowest BCUT2D eigenvalue weighted by Gasteiger charge is -2.17. The van der Waals surface area contributed by atoms with Crippen LogP contribution in [0.1, 0.15) is 10.5 Å². The van der Waals surface area contributed by atoms with Crippen LogP contribution in [0.4, 0.5) is 5.69 Å². The van der Waals surface area contributed by atoms with Gasteiger partial charge in [0.05, 0.1) is 25.2 Å². The Balaban J connectivity index is 1.95. The first kappa shape index (κ1) is 13.0. The Morgan fingerprint density at radius 1 is 1.19 bits per heavy atom. The molecule has 0 spiro atoms. The molecule has 1 amide bonds. The quantitative estimate of drug-likeness (QED) is 0.726. The zero-order valence-corrected chi connectivity index (χ0v) is 11.6. The number of pyridine rings is 1.